The first-order valence-corrected chi connectivity index (χ1v) is 7.60. The van der Waals surface area contributed by atoms with Gasteiger partial charge in [-0.2, -0.15) is 5.10 Å². The van der Waals surface area contributed by atoms with Crippen LogP contribution >= 0.6 is 0 Å². The first-order chi connectivity index (χ1) is 12.4. The summed E-state index contributed by atoms with van der Waals surface area (Å²) < 4.78 is 5.02. The van der Waals surface area contributed by atoms with Gasteiger partial charge in [0, 0.05) is 18.2 Å². The van der Waals surface area contributed by atoms with Gasteiger partial charge in [-0.1, -0.05) is 0 Å². The maximum absolute atomic E-state index is 12.0. The van der Waals surface area contributed by atoms with Crippen LogP contribution in [0.1, 0.15) is 22.8 Å². The Bertz CT molecular complexity index is 814. The third-order valence-electron chi connectivity index (χ3n) is 3.09. The number of anilines is 1. The Kier molecular flexibility index (Phi) is 6.44. The molecule has 2 aromatic carbocycles. The second-order valence-corrected chi connectivity index (χ2v) is 5.21. The number of hydrazone groups is 1. The zero-order valence-electron chi connectivity index (χ0n) is 13.9. The summed E-state index contributed by atoms with van der Waals surface area (Å²) in [6, 6.07) is 12.9. The molecular formula is C18H17N3O5. The van der Waals surface area contributed by atoms with Gasteiger partial charge in [0.05, 0.1) is 6.21 Å². The monoisotopic (exact) mass is 355 g/mol. The fourth-order valence-electron chi connectivity index (χ4n) is 1.93. The molecule has 8 nitrogen and oxygen atoms in total. The van der Waals surface area contributed by atoms with Crippen LogP contribution in [-0.4, -0.2) is 35.7 Å². The van der Waals surface area contributed by atoms with Crippen molar-refractivity contribution in [2.45, 2.75) is 6.92 Å². The second-order valence-electron chi connectivity index (χ2n) is 5.21. The van der Waals surface area contributed by atoms with Crippen LogP contribution in [0.3, 0.4) is 0 Å². The molecule has 8 heteroatoms. The molecule has 0 saturated carbocycles. The van der Waals surface area contributed by atoms with E-state index in [0.29, 0.717) is 22.6 Å². The minimum Gasteiger partial charge on any atom is -0.482 e. The van der Waals surface area contributed by atoms with E-state index < -0.39 is 18.5 Å². The maximum atomic E-state index is 12.0. The molecule has 2 amide bonds. The van der Waals surface area contributed by atoms with Gasteiger partial charge in [0.25, 0.3) is 5.91 Å². The zero-order valence-corrected chi connectivity index (χ0v) is 13.9. The summed E-state index contributed by atoms with van der Waals surface area (Å²) >= 11 is 0. The van der Waals surface area contributed by atoms with E-state index in [1.807, 2.05) is 0 Å². The fourth-order valence-corrected chi connectivity index (χ4v) is 1.93. The molecule has 0 unspecified atom stereocenters. The Morgan fingerprint density at radius 2 is 1.73 bits per heavy atom. The lowest BCUT2D eigenvalue weighted by Crippen LogP contribution is -2.17. The summed E-state index contributed by atoms with van der Waals surface area (Å²) in [5.41, 5.74) is 4.10. The molecule has 0 atom stereocenters. The summed E-state index contributed by atoms with van der Waals surface area (Å²) in [4.78, 5) is 33.4. The van der Waals surface area contributed by atoms with E-state index in [-0.39, 0.29) is 5.91 Å². The Balaban J connectivity index is 1.88. The number of carboxylic acids is 1. The largest absolute Gasteiger partial charge is 0.482 e. The van der Waals surface area contributed by atoms with Gasteiger partial charge in [0.15, 0.2) is 6.61 Å². The number of aliphatic carboxylic acids is 1. The number of carbonyl (C=O) groups is 3. The van der Waals surface area contributed by atoms with E-state index in [1.165, 1.54) is 13.1 Å². The van der Waals surface area contributed by atoms with Crippen molar-refractivity contribution in [3.05, 3.63) is 59.7 Å². The molecule has 0 saturated heterocycles. The lowest BCUT2D eigenvalue weighted by atomic mass is 10.2. The van der Waals surface area contributed by atoms with Gasteiger partial charge in [-0.3, -0.25) is 9.59 Å². The van der Waals surface area contributed by atoms with Gasteiger partial charge in [0.1, 0.15) is 5.75 Å². The van der Waals surface area contributed by atoms with Crippen molar-refractivity contribution >= 4 is 29.7 Å². The Hall–Kier alpha value is -3.68. The number of ether oxygens (including phenoxy) is 1. The first kappa shape index (κ1) is 18.7. The molecule has 134 valence electrons. The number of amides is 2. The lowest BCUT2D eigenvalue weighted by molar-refractivity contribution is -0.139. The standard InChI is InChI=1S/C18H17N3O5/c1-12(22)20-15-6-4-14(5-7-15)18(25)21-19-10-13-2-8-16(9-3-13)26-11-17(23)24/h2-10H,11H2,1H3,(H,20,22)(H,21,25)(H,23,24)/b19-10-. The van der Waals surface area contributed by atoms with Crippen molar-refractivity contribution in [1.82, 2.24) is 5.43 Å². The predicted octanol–water partition coefficient (Wildman–Crippen LogP) is 1.87. The van der Waals surface area contributed by atoms with Gasteiger partial charge in [-0.15, -0.1) is 0 Å². The highest BCUT2D eigenvalue weighted by Gasteiger charge is 2.04. The topological polar surface area (TPSA) is 117 Å². The Morgan fingerprint density at radius 3 is 2.31 bits per heavy atom. The Labute approximate surface area is 149 Å². The van der Waals surface area contributed by atoms with Crippen molar-refractivity contribution in [1.29, 1.82) is 0 Å². The van der Waals surface area contributed by atoms with Crippen LogP contribution in [0.25, 0.3) is 0 Å². The number of hydrogen-bond donors (Lipinski definition) is 3. The molecule has 0 fully saturated rings. The quantitative estimate of drug-likeness (QED) is 0.518. The van der Waals surface area contributed by atoms with E-state index >= 15 is 0 Å². The lowest BCUT2D eigenvalue weighted by Gasteiger charge is -2.04. The molecule has 2 rings (SSSR count). The average Bonchev–Trinajstić information content (AvgIpc) is 2.61. The van der Waals surface area contributed by atoms with Crippen molar-refractivity contribution in [3.63, 3.8) is 0 Å². The summed E-state index contributed by atoms with van der Waals surface area (Å²) in [6.07, 6.45) is 1.45. The van der Waals surface area contributed by atoms with Gasteiger partial charge in [-0.05, 0) is 54.1 Å². The molecule has 0 heterocycles. The smallest absolute Gasteiger partial charge is 0.341 e. The maximum Gasteiger partial charge on any atom is 0.341 e. The summed E-state index contributed by atoms with van der Waals surface area (Å²) in [5, 5.41) is 15.0. The molecule has 0 radical (unpaired) electrons. The number of nitrogens with zero attached hydrogens (tertiary/aromatic N) is 1. The third kappa shape index (κ3) is 6.08. The predicted molar refractivity (Wildman–Crippen MR) is 95.4 cm³/mol. The highest BCUT2D eigenvalue weighted by Crippen LogP contribution is 2.11. The van der Waals surface area contributed by atoms with Crippen LogP contribution in [0.15, 0.2) is 53.6 Å². The van der Waals surface area contributed by atoms with E-state index in [0.717, 1.165) is 0 Å². The molecular weight excluding hydrogens is 338 g/mol. The van der Waals surface area contributed by atoms with Crippen LogP contribution in [0.4, 0.5) is 5.69 Å². The van der Waals surface area contributed by atoms with E-state index in [2.05, 4.69) is 15.8 Å². The van der Waals surface area contributed by atoms with Crippen LogP contribution in [0.5, 0.6) is 5.75 Å². The molecule has 0 aliphatic heterocycles. The number of nitrogens with one attached hydrogen (secondary N) is 2. The van der Waals surface area contributed by atoms with E-state index in [4.69, 9.17) is 9.84 Å². The van der Waals surface area contributed by atoms with Crippen molar-refractivity contribution in [3.8, 4) is 5.75 Å². The molecule has 3 N–H and O–H groups in total. The van der Waals surface area contributed by atoms with Crippen LogP contribution in [0.2, 0.25) is 0 Å². The normalized spacial score (nSPS) is 10.3. The van der Waals surface area contributed by atoms with Gasteiger partial charge in [0.2, 0.25) is 5.91 Å². The van der Waals surface area contributed by atoms with E-state index in [1.54, 1.807) is 48.5 Å². The van der Waals surface area contributed by atoms with E-state index in [9.17, 15) is 14.4 Å². The number of carbonyl (C=O) groups excluding carboxylic acids is 2. The summed E-state index contributed by atoms with van der Waals surface area (Å²) in [5.74, 6) is -1.21. The van der Waals surface area contributed by atoms with Crippen molar-refractivity contribution < 1.29 is 24.2 Å². The minimum absolute atomic E-state index is 0.189. The van der Waals surface area contributed by atoms with Crippen LogP contribution < -0.4 is 15.5 Å². The van der Waals surface area contributed by atoms with Crippen LogP contribution in [-0.2, 0) is 9.59 Å². The fraction of sp³-hybridized carbons (Fsp3) is 0.111. The second kappa shape index (κ2) is 8.97. The molecule has 0 aliphatic rings. The van der Waals surface area contributed by atoms with Gasteiger partial charge in [-0.25, -0.2) is 10.2 Å². The highest BCUT2D eigenvalue weighted by atomic mass is 16.5. The SMILES string of the molecule is CC(=O)Nc1ccc(C(=O)N/N=C\c2ccc(OCC(=O)O)cc2)cc1. The third-order valence-corrected chi connectivity index (χ3v) is 3.09. The molecule has 0 bridgehead atoms. The molecule has 0 spiro atoms. The van der Waals surface area contributed by atoms with Gasteiger partial charge < -0.3 is 15.2 Å². The number of benzene rings is 2. The van der Waals surface area contributed by atoms with Crippen molar-refractivity contribution in [2.24, 2.45) is 5.10 Å². The minimum atomic E-state index is -1.05. The zero-order chi connectivity index (χ0) is 18.9. The van der Waals surface area contributed by atoms with Gasteiger partial charge >= 0.3 is 5.97 Å². The molecule has 2 aromatic rings. The number of hydrogen-bond acceptors (Lipinski definition) is 5. The molecule has 0 aliphatic carbocycles. The van der Waals surface area contributed by atoms with Crippen LogP contribution in [0, 0.1) is 0 Å². The highest BCUT2D eigenvalue weighted by molar-refractivity contribution is 5.96. The summed E-state index contributed by atoms with van der Waals surface area (Å²) in [6.45, 7) is 0.990. The first-order valence-electron chi connectivity index (χ1n) is 7.60. The Morgan fingerprint density at radius 1 is 1.08 bits per heavy atom. The van der Waals surface area contributed by atoms with Crippen molar-refractivity contribution in [2.75, 3.05) is 11.9 Å². The number of carboxylic acid groups (broad SMARTS) is 1. The number of rotatable bonds is 7. The summed E-state index contributed by atoms with van der Waals surface area (Å²) in [7, 11) is 0. The molecule has 26 heavy (non-hydrogen) atoms. The average molecular weight is 355 g/mol. The molecule has 0 aromatic heterocycles.